The van der Waals surface area contributed by atoms with Crippen LogP contribution in [-0.4, -0.2) is 10.9 Å². The molecule has 2 heteroatoms. The minimum Gasteiger partial charge on any atom is -0.508 e. The second-order valence-electron chi connectivity index (χ2n) is 10.4. The number of benzene rings is 1. The van der Waals surface area contributed by atoms with Gasteiger partial charge in [0.2, 0.25) is 0 Å². The van der Waals surface area contributed by atoms with Crippen molar-refractivity contribution in [2.75, 3.05) is 0 Å². The van der Waals surface area contributed by atoms with E-state index in [1.807, 2.05) is 6.07 Å². The third-order valence-corrected chi connectivity index (χ3v) is 9.23. The Morgan fingerprint density at radius 3 is 2.65 bits per heavy atom. The molecule has 4 aliphatic carbocycles. The summed E-state index contributed by atoms with van der Waals surface area (Å²) >= 11 is 0. The number of phenolic OH excluding ortho intramolecular Hbond substituents is 1. The molecule has 0 amide bonds. The highest BCUT2D eigenvalue weighted by Gasteiger charge is 2.59. The van der Waals surface area contributed by atoms with Gasteiger partial charge in [0, 0.05) is 18.4 Å². The van der Waals surface area contributed by atoms with E-state index in [0.717, 1.165) is 37.5 Å². The molecule has 6 atom stereocenters. The van der Waals surface area contributed by atoms with Crippen LogP contribution in [0.3, 0.4) is 0 Å². The predicted octanol–water partition coefficient (Wildman–Crippen LogP) is 5.33. The molecule has 3 saturated carbocycles. The summed E-state index contributed by atoms with van der Waals surface area (Å²) in [7, 11) is 0. The van der Waals surface area contributed by atoms with E-state index >= 15 is 0 Å². The van der Waals surface area contributed by atoms with Crippen LogP contribution in [0.25, 0.3) is 0 Å². The van der Waals surface area contributed by atoms with Crippen LogP contribution in [0.5, 0.6) is 5.75 Å². The lowest BCUT2D eigenvalue weighted by molar-refractivity contribution is -0.135. The number of aryl methyl sites for hydroxylation is 1. The van der Waals surface area contributed by atoms with Crippen molar-refractivity contribution in [3.05, 3.63) is 28.8 Å². The van der Waals surface area contributed by atoms with Crippen LogP contribution >= 0.6 is 0 Å². The minimum atomic E-state index is 0.141. The van der Waals surface area contributed by atoms with Crippen molar-refractivity contribution in [2.45, 2.75) is 77.6 Å². The number of fused-ring (bicyclic) bond motifs is 7. The lowest BCUT2D eigenvalue weighted by Gasteiger charge is -2.59. The van der Waals surface area contributed by atoms with E-state index in [9.17, 15) is 9.90 Å². The highest BCUT2D eigenvalue weighted by Crippen LogP contribution is 2.66. The van der Waals surface area contributed by atoms with Crippen LogP contribution in [0.15, 0.2) is 12.1 Å². The van der Waals surface area contributed by atoms with Gasteiger partial charge in [-0.05, 0) is 97.1 Å². The highest BCUT2D eigenvalue weighted by atomic mass is 16.3. The molecule has 5 rings (SSSR count). The first-order valence-electron chi connectivity index (χ1n) is 10.7. The highest BCUT2D eigenvalue weighted by molar-refractivity contribution is 5.79. The van der Waals surface area contributed by atoms with E-state index in [1.54, 1.807) is 0 Å². The van der Waals surface area contributed by atoms with E-state index in [0.29, 0.717) is 28.8 Å². The van der Waals surface area contributed by atoms with Gasteiger partial charge in [0.05, 0.1) is 0 Å². The quantitative estimate of drug-likeness (QED) is 0.685. The van der Waals surface area contributed by atoms with Crippen molar-refractivity contribution in [3.63, 3.8) is 0 Å². The van der Waals surface area contributed by atoms with Gasteiger partial charge in [-0.2, -0.15) is 0 Å². The maximum Gasteiger partial charge on any atom is 0.133 e. The predicted molar refractivity (Wildman–Crippen MR) is 103 cm³/mol. The molecule has 4 aliphatic rings. The summed E-state index contributed by atoms with van der Waals surface area (Å²) in [5, 5.41) is 10.7. The van der Waals surface area contributed by atoms with E-state index in [4.69, 9.17) is 0 Å². The minimum absolute atomic E-state index is 0.141. The first-order valence-corrected chi connectivity index (χ1v) is 10.7. The second kappa shape index (κ2) is 5.36. The molecule has 0 bridgehead atoms. The Balaban J connectivity index is 1.53. The number of Topliss-reactive ketones (excluding diaryl/α,β-unsaturated/α-hetero) is 1. The molecule has 1 aromatic rings. The van der Waals surface area contributed by atoms with Crippen molar-refractivity contribution < 1.29 is 9.90 Å². The summed E-state index contributed by atoms with van der Waals surface area (Å²) in [6, 6.07) is 4.28. The number of hydrogen-bond donors (Lipinski definition) is 1. The maximum atomic E-state index is 12.0. The zero-order valence-electron chi connectivity index (χ0n) is 16.5. The first-order chi connectivity index (χ1) is 12.3. The molecule has 0 aromatic heterocycles. The van der Waals surface area contributed by atoms with Crippen molar-refractivity contribution in [2.24, 2.45) is 29.1 Å². The van der Waals surface area contributed by atoms with Crippen molar-refractivity contribution in [1.82, 2.24) is 0 Å². The SMILES string of the molecule is Cc1cc(O)c2c(c1)C[C@H]1[C@H]3CC[C@H]4CC(=O)CC[C@]4(C)[C@H]3CC[C@@]21C. The van der Waals surface area contributed by atoms with Gasteiger partial charge in [0.25, 0.3) is 0 Å². The number of phenols is 1. The van der Waals surface area contributed by atoms with E-state index in [1.165, 1.54) is 42.4 Å². The van der Waals surface area contributed by atoms with Crippen LogP contribution < -0.4 is 0 Å². The standard InChI is InChI=1S/C24H32O2/c1-14-10-15-12-20-18-5-4-16-13-17(25)6-8-23(16,2)19(18)7-9-24(20,3)22(15)21(26)11-14/h10-11,16,18-20,26H,4-9,12-13H2,1-3H3/t16-,18-,19-,20-,23-,24+/m0/s1. The molecule has 0 aliphatic heterocycles. The summed E-state index contributed by atoms with van der Waals surface area (Å²) < 4.78 is 0. The van der Waals surface area contributed by atoms with Crippen LogP contribution in [0.1, 0.15) is 75.5 Å². The molecule has 2 nitrogen and oxygen atoms in total. The third kappa shape index (κ3) is 2.08. The molecule has 0 radical (unpaired) electrons. The number of ketones is 1. The molecule has 0 saturated heterocycles. The van der Waals surface area contributed by atoms with Gasteiger partial charge >= 0.3 is 0 Å². The Kier molecular flexibility index (Phi) is 3.47. The summed E-state index contributed by atoms with van der Waals surface area (Å²) in [6.07, 6.45) is 8.87. The van der Waals surface area contributed by atoms with Gasteiger partial charge in [-0.3, -0.25) is 4.79 Å². The normalized spacial score (nSPS) is 44.0. The number of carbonyl (C=O) groups excluding carboxylic acids is 1. The zero-order valence-corrected chi connectivity index (χ0v) is 16.5. The van der Waals surface area contributed by atoms with Crippen LogP contribution in [-0.2, 0) is 16.6 Å². The Morgan fingerprint density at radius 1 is 1.04 bits per heavy atom. The molecule has 1 aromatic carbocycles. The Morgan fingerprint density at radius 2 is 1.85 bits per heavy atom. The zero-order chi connectivity index (χ0) is 18.3. The topological polar surface area (TPSA) is 37.3 Å². The van der Waals surface area contributed by atoms with Gasteiger partial charge in [-0.25, -0.2) is 0 Å². The molecule has 140 valence electrons. The monoisotopic (exact) mass is 352 g/mol. The van der Waals surface area contributed by atoms with Gasteiger partial charge < -0.3 is 5.11 Å². The fourth-order valence-corrected chi connectivity index (χ4v) is 7.95. The molecular formula is C24H32O2. The Bertz CT molecular complexity index is 781. The van der Waals surface area contributed by atoms with Crippen molar-refractivity contribution in [3.8, 4) is 5.75 Å². The molecule has 3 fully saturated rings. The lowest BCUT2D eigenvalue weighted by atomic mass is 9.45. The van der Waals surface area contributed by atoms with Gasteiger partial charge in [-0.1, -0.05) is 19.9 Å². The molecule has 0 heterocycles. The average molecular weight is 353 g/mol. The summed E-state index contributed by atoms with van der Waals surface area (Å²) in [4.78, 5) is 12.0. The molecule has 1 N–H and O–H groups in total. The number of aromatic hydroxyl groups is 1. The molecular weight excluding hydrogens is 320 g/mol. The van der Waals surface area contributed by atoms with E-state index in [2.05, 4.69) is 26.8 Å². The Hall–Kier alpha value is -1.31. The largest absolute Gasteiger partial charge is 0.508 e. The fraction of sp³-hybridized carbons (Fsp3) is 0.708. The second-order valence-corrected chi connectivity index (χ2v) is 10.4. The van der Waals surface area contributed by atoms with Crippen molar-refractivity contribution in [1.29, 1.82) is 0 Å². The number of rotatable bonds is 0. The maximum absolute atomic E-state index is 12.0. The molecule has 0 unspecified atom stereocenters. The lowest BCUT2D eigenvalue weighted by Crippen LogP contribution is -2.54. The Labute approximate surface area is 157 Å². The molecule has 26 heavy (non-hydrogen) atoms. The van der Waals surface area contributed by atoms with Crippen molar-refractivity contribution >= 4 is 5.78 Å². The van der Waals surface area contributed by atoms with E-state index in [-0.39, 0.29) is 5.41 Å². The summed E-state index contributed by atoms with van der Waals surface area (Å²) in [5.41, 5.74) is 4.35. The third-order valence-electron chi connectivity index (χ3n) is 9.23. The average Bonchev–Trinajstić information content (AvgIpc) is 2.88. The smallest absolute Gasteiger partial charge is 0.133 e. The van der Waals surface area contributed by atoms with Crippen LogP contribution in [0, 0.1) is 36.0 Å². The van der Waals surface area contributed by atoms with E-state index < -0.39 is 0 Å². The summed E-state index contributed by atoms with van der Waals surface area (Å²) in [5.74, 6) is 3.85. The molecule has 0 spiro atoms. The number of hydrogen-bond acceptors (Lipinski definition) is 2. The van der Waals surface area contributed by atoms with Crippen LogP contribution in [0.4, 0.5) is 0 Å². The fourth-order valence-electron chi connectivity index (χ4n) is 7.95. The first kappa shape index (κ1) is 16.8. The van der Waals surface area contributed by atoms with Crippen LogP contribution in [0.2, 0.25) is 0 Å². The van der Waals surface area contributed by atoms with Gasteiger partial charge in [-0.15, -0.1) is 0 Å². The van der Waals surface area contributed by atoms with Gasteiger partial charge in [0.15, 0.2) is 0 Å². The number of carbonyl (C=O) groups is 1. The summed E-state index contributed by atoms with van der Waals surface area (Å²) in [6.45, 7) is 7.03. The van der Waals surface area contributed by atoms with Gasteiger partial charge in [0.1, 0.15) is 11.5 Å².